The van der Waals surface area contributed by atoms with E-state index in [2.05, 4.69) is 10.3 Å². The number of thiocarbonyl (C=S) groups is 1. The van der Waals surface area contributed by atoms with E-state index in [0.29, 0.717) is 29.6 Å². The number of furan rings is 1. The number of anilines is 1. The Hall–Kier alpha value is -3.13. The molecule has 0 radical (unpaired) electrons. The molecule has 28 heavy (non-hydrogen) atoms. The molecule has 1 fully saturated rings. The van der Waals surface area contributed by atoms with Gasteiger partial charge in [-0.1, -0.05) is 6.07 Å². The van der Waals surface area contributed by atoms with Crippen LogP contribution in [0.2, 0.25) is 0 Å². The fraction of sp³-hybridized carbons (Fsp3) is 0.250. The number of likely N-dealkylation sites (N-methyl/N-ethyl adjacent to an activating group) is 1. The fourth-order valence-corrected chi connectivity index (χ4v) is 3.86. The first-order valence-corrected chi connectivity index (χ1v) is 9.49. The molecule has 0 aliphatic carbocycles. The summed E-state index contributed by atoms with van der Waals surface area (Å²) in [5.41, 5.74) is 1.62. The molecule has 1 unspecified atom stereocenters. The zero-order valence-corrected chi connectivity index (χ0v) is 16.2. The van der Waals surface area contributed by atoms with Crippen LogP contribution in [0.4, 0.5) is 5.69 Å². The average Bonchev–Trinajstić information content (AvgIpc) is 3.39. The number of carbonyl (C=O) groups excluding carboxylic acids is 2. The van der Waals surface area contributed by atoms with Gasteiger partial charge < -0.3 is 19.6 Å². The van der Waals surface area contributed by atoms with Crippen LogP contribution in [0, 0.1) is 0 Å². The molecule has 1 saturated heterocycles. The number of aromatic amines is 1. The van der Waals surface area contributed by atoms with Gasteiger partial charge in [0.15, 0.2) is 5.11 Å². The Balaban J connectivity index is 1.50. The van der Waals surface area contributed by atoms with E-state index < -0.39 is 6.04 Å². The van der Waals surface area contributed by atoms with Gasteiger partial charge in [0.25, 0.3) is 5.91 Å². The molecule has 2 amide bonds. The summed E-state index contributed by atoms with van der Waals surface area (Å²) >= 11 is 5.47. The number of fused-ring (bicyclic) bond motifs is 1. The zero-order chi connectivity index (χ0) is 19.7. The summed E-state index contributed by atoms with van der Waals surface area (Å²) < 4.78 is 5.39. The van der Waals surface area contributed by atoms with Crippen molar-refractivity contribution in [1.82, 2.24) is 14.8 Å². The molecule has 1 aromatic carbocycles. The molecule has 2 aromatic heterocycles. The maximum absolute atomic E-state index is 12.8. The summed E-state index contributed by atoms with van der Waals surface area (Å²) in [5.74, 6) is 0.291. The van der Waals surface area contributed by atoms with Crippen molar-refractivity contribution in [2.75, 3.05) is 11.9 Å². The highest BCUT2D eigenvalue weighted by atomic mass is 32.1. The minimum atomic E-state index is -0.647. The van der Waals surface area contributed by atoms with Crippen molar-refractivity contribution in [2.24, 2.45) is 0 Å². The van der Waals surface area contributed by atoms with Gasteiger partial charge in [-0.3, -0.25) is 14.5 Å². The molecule has 0 saturated carbocycles. The summed E-state index contributed by atoms with van der Waals surface area (Å²) in [6, 6.07) is 10.6. The molecule has 2 N–H and O–H groups in total. The number of hydrogen-bond acceptors (Lipinski definition) is 4. The lowest BCUT2D eigenvalue weighted by atomic mass is 10.1. The van der Waals surface area contributed by atoms with Gasteiger partial charge in [-0.2, -0.15) is 0 Å². The van der Waals surface area contributed by atoms with E-state index in [4.69, 9.17) is 16.6 Å². The Morgan fingerprint density at radius 1 is 1.32 bits per heavy atom. The van der Waals surface area contributed by atoms with Crippen molar-refractivity contribution in [2.45, 2.75) is 25.9 Å². The second-order valence-corrected chi connectivity index (χ2v) is 6.99. The third-order valence-corrected chi connectivity index (χ3v) is 5.30. The fourth-order valence-electron chi connectivity index (χ4n) is 3.45. The Kier molecular flexibility index (Phi) is 4.87. The summed E-state index contributed by atoms with van der Waals surface area (Å²) in [6.07, 6.45) is 3.44. The predicted octanol–water partition coefficient (Wildman–Crippen LogP) is 3.11. The number of aromatic nitrogens is 1. The van der Waals surface area contributed by atoms with Crippen LogP contribution < -0.4 is 5.32 Å². The van der Waals surface area contributed by atoms with E-state index in [0.717, 1.165) is 10.9 Å². The molecule has 4 rings (SSSR count). The maximum atomic E-state index is 12.8. The highest BCUT2D eigenvalue weighted by Gasteiger charge is 2.42. The molecule has 3 heterocycles. The summed E-state index contributed by atoms with van der Waals surface area (Å²) in [4.78, 5) is 31.9. The van der Waals surface area contributed by atoms with E-state index in [1.54, 1.807) is 17.2 Å². The van der Waals surface area contributed by atoms with E-state index >= 15 is 0 Å². The van der Waals surface area contributed by atoms with Crippen molar-refractivity contribution in [3.8, 4) is 0 Å². The minimum absolute atomic E-state index is 0.0128. The van der Waals surface area contributed by atoms with E-state index in [1.165, 1.54) is 4.90 Å². The van der Waals surface area contributed by atoms with Crippen molar-refractivity contribution < 1.29 is 14.0 Å². The molecular weight excluding hydrogens is 376 g/mol. The first kappa shape index (κ1) is 18.2. The van der Waals surface area contributed by atoms with Gasteiger partial charge in [0.1, 0.15) is 11.8 Å². The molecule has 1 aliphatic heterocycles. The number of rotatable bonds is 6. The summed E-state index contributed by atoms with van der Waals surface area (Å²) in [5, 5.41) is 4.37. The zero-order valence-electron chi connectivity index (χ0n) is 15.3. The second-order valence-electron chi connectivity index (χ2n) is 6.62. The first-order chi connectivity index (χ1) is 13.6. The lowest BCUT2D eigenvalue weighted by Crippen LogP contribution is -2.37. The smallest absolute Gasteiger partial charge is 0.252 e. The standard InChI is InChI=1S/C20H20N4O3S/c1-2-23-19(26)17(24(20(23)28)12-15-4-3-9-27-15)11-18(25)22-14-6-5-13-7-8-21-16(13)10-14/h3-10,17,21H,2,11-12H2,1H3,(H,22,25). The topological polar surface area (TPSA) is 81.6 Å². The van der Waals surface area contributed by atoms with Gasteiger partial charge in [0.05, 0.1) is 19.2 Å². The van der Waals surface area contributed by atoms with Gasteiger partial charge in [-0.15, -0.1) is 0 Å². The van der Waals surface area contributed by atoms with Crippen molar-refractivity contribution in [1.29, 1.82) is 0 Å². The quantitative estimate of drug-likeness (QED) is 0.626. The number of carbonyl (C=O) groups is 2. The molecule has 0 bridgehead atoms. The maximum Gasteiger partial charge on any atom is 0.252 e. The summed E-state index contributed by atoms with van der Waals surface area (Å²) in [7, 11) is 0. The number of H-pyrrole nitrogens is 1. The van der Waals surface area contributed by atoms with Crippen LogP contribution in [0.15, 0.2) is 53.3 Å². The third kappa shape index (κ3) is 3.38. The Morgan fingerprint density at radius 2 is 2.18 bits per heavy atom. The van der Waals surface area contributed by atoms with Gasteiger partial charge >= 0.3 is 0 Å². The van der Waals surface area contributed by atoms with Crippen LogP contribution in [0.25, 0.3) is 10.9 Å². The van der Waals surface area contributed by atoms with Crippen molar-refractivity contribution >= 4 is 45.7 Å². The van der Waals surface area contributed by atoms with Crippen LogP contribution in [0.1, 0.15) is 19.1 Å². The lowest BCUT2D eigenvalue weighted by Gasteiger charge is -2.22. The van der Waals surface area contributed by atoms with Crippen LogP contribution in [0.5, 0.6) is 0 Å². The van der Waals surface area contributed by atoms with Gasteiger partial charge in [0, 0.05) is 23.9 Å². The number of benzene rings is 1. The molecule has 1 atom stereocenters. The van der Waals surface area contributed by atoms with Gasteiger partial charge in [-0.05, 0) is 54.9 Å². The predicted molar refractivity (Wildman–Crippen MR) is 110 cm³/mol. The normalized spacial score (nSPS) is 17.0. The SMILES string of the molecule is CCN1C(=O)C(CC(=O)Nc2ccc3cc[nH]c3c2)N(Cc2ccco2)C1=S. The Morgan fingerprint density at radius 3 is 2.93 bits per heavy atom. The largest absolute Gasteiger partial charge is 0.467 e. The monoisotopic (exact) mass is 396 g/mol. The molecule has 8 heteroatoms. The average molecular weight is 396 g/mol. The first-order valence-electron chi connectivity index (χ1n) is 9.08. The van der Waals surface area contributed by atoms with Crippen molar-refractivity contribution in [3.63, 3.8) is 0 Å². The molecule has 0 spiro atoms. The number of nitrogens with zero attached hydrogens (tertiary/aromatic N) is 2. The van der Waals surface area contributed by atoms with Crippen LogP contribution >= 0.6 is 12.2 Å². The molecule has 1 aliphatic rings. The molecular formula is C20H20N4O3S. The molecule has 3 aromatic rings. The highest BCUT2D eigenvalue weighted by Crippen LogP contribution is 2.24. The van der Waals surface area contributed by atoms with Gasteiger partial charge in [0.2, 0.25) is 5.91 Å². The molecule has 144 valence electrons. The lowest BCUT2D eigenvalue weighted by molar-refractivity contribution is -0.130. The Labute approximate surface area is 167 Å². The van der Waals surface area contributed by atoms with E-state index in [1.807, 2.05) is 43.5 Å². The summed E-state index contributed by atoms with van der Waals surface area (Å²) in [6.45, 7) is 2.68. The van der Waals surface area contributed by atoms with Crippen LogP contribution in [0.3, 0.4) is 0 Å². The number of hydrogen-bond donors (Lipinski definition) is 2. The van der Waals surface area contributed by atoms with E-state index in [9.17, 15) is 9.59 Å². The molecule has 7 nitrogen and oxygen atoms in total. The van der Waals surface area contributed by atoms with Crippen LogP contribution in [-0.4, -0.2) is 44.3 Å². The minimum Gasteiger partial charge on any atom is -0.467 e. The van der Waals surface area contributed by atoms with E-state index in [-0.39, 0.29) is 18.2 Å². The van der Waals surface area contributed by atoms with Crippen molar-refractivity contribution in [3.05, 3.63) is 54.6 Å². The third-order valence-electron chi connectivity index (χ3n) is 4.84. The number of amides is 2. The second kappa shape index (κ2) is 7.47. The highest BCUT2D eigenvalue weighted by molar-refractivity contribution is 7.80. The number of nitrogens with one attached hydrogen (secondary N) is 2. The van der Waals surface area contributed by atoms with Crippen LogP contribution in [-0.2, 0) is 16.1 Å². The van der Waals surface area contributed by atoms with Gasteiger partial charge in [-0.25, -0.2) is 0 Å². The Bertz CT molecular complexity index is 1030.